The first kappa shape index (κ1) is 15.6. The molecule has 6 heteroatoms. The van der Waals surface area contributed by atoms with Gasteiger partial charge in [0.2, 0.25) is 0 Å². The van der Waals surface area contributed by atoms with Crippen LogP contribution in [-0.4, -0.2) is 60.1 Å². The van der Waals surface area contributed by atoms with E-state index in [-0.39, 0.29) is 6.61 Å². The molecule has 0 aliphatic carbocycles. The molecule has 1 saturated heterocycles. The Labute approximate surface area is 145 Å². The van der Waals surface area contributed by atoms with Gasteiger partial charge < -0.3 is 14.7 Å². The molecule has 1 aromatic carbocycles. The molecule has 0 bridgehead atoms. The molecular weight excluding hydrogens is 322 g/mol. The number of piperazine rings is 1. The summed E-state index contributed by atoms with van der Waals surface area (Å²) in [6.07, 6.45) is 0. The van der Waals surface area contributed by atoms with Crippen molar-refractivity contribution in [3.8, 4) is 10.8 Å². The molecule has 24 heavy (non-hydrogen) atoms. The van der Waals surface area contributed by atoms with E-state index in [2.05, 4.69) is 22.8 Å². The van der Waals surface area contributed by atoms with Crippen LogP contribution in [0.2, 0.25) is 0 Å². The van der Waals surface area contributed by atoms with Gasteiger partial charge in [0.25, 0.3) is 0 Å². The molecule has 0 unspecified atom stereocenters. The Kier molecular flexibility index (Phi) is 4.26. The molecule has 126 valence electrons. The summed E-state index contributed by atoms with van der Waals surface area (Å²) in [6.45, 7) is 6.78. The van der Waals surface area contributed by atoms with E-state index in [4.69, 9.17) is 14.8 Å². The molecule has 0 saturated carbocycles. The Bertz CT molecular complexity index is 763. The zero-order chi connectivity index (χ0) is 16.5. The van der Waals surface area contributed by atoms with E-state index in [9.17, 15) is 0 Å². The molecule has 0 radical (unpaired) electrons. The number of para-hydroxylation sites is 2. The maximum Gasteiger partial charge on any atom is 0.192 e. The van der Waals surface area contributed by atoms with Gasteiger partial charge in [-0.15, -0.1) is 11.3 Å². The van der Waals surface area contributed by atoms with Crippen LogP contribution in [0.4, 0.5) is 5.69 Å². The van der Waals surface area contributed by atoms with E-state index >= 15 is 0 Å². The monoisotopic (exact) mass is 343 g/mol. The van der Waals surface area contributed by atoms with Crippen molar-refractivity contribution in [3.05, 3.63) is 40.8 Å². The molecule has 1 N–H and O–H groups in total. The normalized spacial score (nSPS) is 17.6. The van der Waals surface area contributed by atoms with Gasteiger partial charge in [-0.3, -0.25) is 4.90 Å². The number of aliphatic hydroxyl groups is 1. The van der Waals surface area contributed by atoms with Gasteiger partial charge in [-0.25, -0.2) is 4.99 Å². The van der Waals surface area contributed by atoms with Crippen LogP contribution in [0.3, 0.4) is 0 Å². The number of aliphatic imine (C=N–C) groups is 1. The number of rotatable bonds is 2. The number of hydrogen-bond acceptors (Lipinski definition) is 6. The Morgan fingerprint density at radius 2 is 2.00 bits per heavy atom. The van der Waals surface area contributed by atoms with Gasteiger partial charge in [-0.1, -0.05) is 12.1 Å². The highest BCUT2D eigenvalue weighted by Crippen LogP contribution is 2.42. The summed E-state index contributed by atoms with van der Waals surface area (Å²) in [5.41, 5.74) is 1.97. The first-order valence-corrected chi connectivity index (χ1v) is 9.11. The third-order valence-electron chi connectivity index (χ3n) is 4.44. The van der Waals surface area contributed by atoms with Crippen molar-refractivity contribution in [3.63, 3.8) is 0 Å². The number of fused-ring (bicyclic) bond motifs is 2. The molecule has 0 spiro atoms. The lowest BCUT2D eigenvalue weighted by molar-refractivity contribution is 0.147. The van der Waals surface area contributed by atoms with E-state index in [0.29, 0.717) is 0 Å². The number of amidine groups is 1. The van der Waals surface area contributed by atoms with Crippen LogP contribution in [0.1, 0.15) is 10.4 Å². The molecule has 2 aliphatic heterocycles. The number of aliphatic hydroxyl groups excluding tert-OH is 1. The first-order chi connectivity index (χ1) is 11.7. The molecule has 1 fully saturated rings. The lowest BCUT2D eigenvalue weighted by atomic mass is 10.2. The van der Waals surface area contributed by atoms with E-state index < -0.39 is 0 Å². The maximum atomic E-state index is 9.12. The number of nitrogens with zero attached hydrogens (tertiary/aromatic N) is 3. The third kappa shape index (κ3) is 2.92. The van der Waals surface area contributed by atoms with Crippen LogP contribution in [0.15, 0.2) is 35.3 Å². The summed E-state index contributed by atoms with van der Waals surface area (Å²) < 4.78 is 6.14. The minimum absolute atomic E-state index is 0.218. The second kappa shape index (κ2) is 6.55. The summed E-state index contributed by atoms with van der Waals surface area (Å²) in [6, 6.07) is 10.1. The number of hydrogen-bond donors (Lipinski definition) is 1. The Balaban J connectivity index is 1.69. The Morgan fingerprint density at radius 1 is 1.21 bits per heavy atom. The second-order valence-electron chi connectivity index (χ2n) is 6.12. The number of benzene rings is 1. The quantitative estimate of drug-likeness (QED) is 0.911. The highest BCUT2D eigenvalue weighted by atomic mass is 32.1. The zero-order valence-corrected chi connectivity index (χ0v) is 14.6. The molecule has 2 aliphatic rings. The number of β-amino-alcohol motifs (C(OH)–C–C–N with tert-alkyl or cyclic N) is 1. The fourth-order valence-electron chi connectivity index (χ4n) is 3.20. The van der Waals surface area contributed by atoms with Crippen LogP contribution >= 0.6 is 11.3 Å². The van der Waals surface area contributed by atoms with E-state index in [1.165, 1.54) is 4.88 Å². The van der Waals surface area contributed by atoms with Crippen LogP contribution in [0.25, 0.3) is 0 Å². The molecule has 0 atom stereocenters. The van der Waals surface area contributed by atoms with Crippen molar-refractivity contribution < 1.29 is 9.84 Å². The predicted octanol–water partition coefficient (Wildman–Crippen LogP) is 2.85. The fourth-order valence-corrected chi connectivity index (χ4v) is 4.06. The smallest absolute Gasteiger partial charge is 0.192 e. The van der Waals surface area contributed by atoms with Crippen LogP contribution < -0.4 is 4.74 Å². The van der Waals surface area contributed by atoms with Gasteiger partial charge in [0.05, 0.1) is 12.2 Å². The van der Waals surface area contributed by atoms with Gasteiger partial charge in [0.1, 0.15) is 11.5 Å². The van der Waals surface area contributed by atoms with E-state index in [0.717, 1.165) is 60.6 Å². The highest BCUT2D eigenvalue weighted by Gasteiger charge is 2.27. The van der Waals surface area contributed by atoms with Gasteiger partial charge in [0, 0.05) is 37.6 Å². The lowest BCUT2D eigenvalue weighted by Crippen LogP contribution is -2.49. The summed E-state index contributed by atoms with van der Waals surface area (Å²) >= 11 is 1.67. The van der Waals surface area contributed by atoms with Crippen molar-refractivity contribution in [1.29, 1.82) is 0 Å². The summed E-state index contributed by atoms with van der Waals surface area (Å²) in [5.74, 6) is 1.82. The number of thiophene rings is 1. The maximum absolute atomic E-state index is 9.12. The number of ether oxygens (including phenoxy) is 1. The van der Waals surface area contributed by atoms with E-state index in [1.807, 2.05) is 24.3 Å². The minimum atomic E-state index is 0.218. The minimum Gasteiger partial charge on any atom is -0.444 e. The Morgan fingerprint density at radius 3 is 2.79 bits per heavy atom. The fraction of sp³-hybridized carbons (Fsp3) is 0.389. The predicted molar refractivity (Wildman–Crippen MR) is 96.9 cm³/mol. The highest BCUT2D eigenvalue weighted by molar-refractivity contribution is 7.14. The molecule has 1 aromatic heterocycles. The van der Waals surface area contributed by atoms with Gasteiger partial charge in [0.15, 0.2) is 10.8 Å². The van der Waals surface area contributed by atoms with E-state index in [1.54, 1.807) is 11.3 Å². The molecular formula is C18H21N3O2S. The van der Waals surface area contributed by atoms with Gasteiger partial charge >= 0.3 is 0 Å². The standard InChI is InChI=1S/C18H21N3O2S/c1-13-12-14-17(21-8-6-20(7-9-21)10-11-22)19-15-4-2-3-5-16(15)23-18(14)24-13/h2-5,12,22H,6-11H2,1H3. The summed E-state index contributed by atoms with van der Waals surface area (Å²) in [5, 5.41) is 10.0. The van der Waals surface area contributed by atoms with Crippen LogP contribution in [0, 0.1) is 6.92 Å². The average molecular weight is 343 g/mol. The average Bonchev–Trinajstić information content (AvgIpc) is 2.88. The molecule has 5 nitrogen and oxygen atoms in total. The lowest BCUT2D eigenvalue weighted by Gasteiger charge is -2.36. The number of aryl methyl sites for hydroxylation is 1. The third-order valence-corrected chi connectivity index (χ3v) is 5.37. The van der Waals surface area contributed by atoms with Crippen molar-refractivity contribution in [1.82, 2.24) is 9.80 Å². The summed E-state index contributed by atoms with van der Waals surface area (Å²) in [4.78, 5) is 10.8. The van der Waals surface area contributed by atoms with Crippen molar-refractivity contribution >= 4 is 22.9 Å². The summed E-state index contributed by atoms with van der Waals surface area (Å²) in [7, 11) is 0. The van der Waals surface area contributed by atoms with Crippen molar-refractivity contribution in [2.45, 2.75) is 6.92 Å². The van der Waals surface area contributed by atoms with Gasteiger partial charge in [-0.2, -0.15) is 0 Å². The van der Waals surface area contributed by atoms with Crippen LogP contribution in [0.5, 0.6) is 10.8 Å². The SMILES string of the molecule is Cc1cc2c(s1)Oc1ccccc1N=C2N1CCN(CCO)CC1. The topological polar surface area (TPSA) is 48.3 Å². The zero-order valence-electron chi connectivity index (χ0n) is 13.7. The molecule has 2 aromatic rings. The largest absolute Gasteiger partial charge is 0.444 e. The second-order valence-corrected chi connectivity index (χ2v) is 7.33. The van der Waals surface area contributed by atoms with Crippen LogP contribution in [-0.2, 0) is 0 Å². The van der Waals surface area contributed by atoms with Gasteiger partial charge in [-0.05, 0) is 25.1 Å². The molecule has 4 rings (SSSR count). The molecule has 0 amide bonds. The Hall–Kier alpha value is -1.89. The van der Waals surface area contributed by atoms with Crippen molar-refractivity contribution in [2.24, 2.45) is 4.99 Å². The molecule has 3 heterocycles. The van der Waals surface area contributed by atoms with Crippen molar-refractivity contribution in [2.75, 3.05) is 39.3 Å². The first-order valence-electron chi connectivity index (χ1n) is 8.29.